The molecule has 1 aromatic heterocycles. The Bertz CT molecular complexity index is 722. The first-order chi connectivity index (χ1) is 11.0. The summed E-state index contributed by atoms with van der Waals surface area (Å²) in [7, 11) is 1.35. The predicted octanol–water partition coefficient (Wildman–Crippen LogP) is 5.01. The fourth-order valence-corrected chi connectivity index (χ4v) is 3.65. The number of esters is 1. The molecule has 2 aromatic rings. The zero-order chi connectivity index (χ0) is 17.0. The Morgan fingerprint density at radius 1 is 1.26 bits per heavy atom. The maximum Gasteiger partial charge on any atom is 0.341 e. The maximum atomic E-state index is 12.3. The summed E-state index contributed by atoms with van der Waals surface area (Å²) in [6.07, 6.45) is 1.18. The average molecular weight is 396 g/mol. The van der Waals surface area contributed by atoms with Gasteiger partial charge < -0.3 is 10.1 Å². The Hall–Kier alpha value is -1.66. The Balaban J connectivity index is 2.53. The van der Waals surface area contributed by atoms with E-state index in [2.05, 4.69) is 21.2 Å². The van der Waals surface area contributed by atoms with E-state index in [0.717, 1.165) is 26.9 Å². The molecule has 0 atom stereocenters. The van der Waals surface area contributed by atoms with Crippen molar-refractivity contribution in [3.05, 3.63) is 39.2 Å². The number of methoxy groups -OCH3 is 1. The van der Waals surface area contributed by atoms with Crippen molar-refractivity contribution >= 4 is 44.1 Å². The van der Waals surface area contributed by atoms with Crippen molar-refractivity contribution in [1.82, 2.24) is 0 Å². The van der Waals surface area contributed by atoms with Crippen LogP contribution in [0.5, 0.6) is 0 Å². The van der Waals surface area contributed by atoms with Crippen LogP contribution in [-0.2, 0) is 9.53 Å². The maximum absolute atomic E-state index is 12.3. The highest BCUT2D eigenvalue weighted by molar-refractivity contribution is 9.10. The monoisotopic (exact) mass is 395 g/mol. The molecule has 0 saturated carbocycles. The summed E-state index contributed by atoms with van der Waals surface area (Å²) in [5, 5.41) is 3.39. The predicted molar refractivity (Wildman–Crippen MR) is 97.1 cm³/mol. The number of amides is 1. The van der Waals surface area contributed by atoms with Gasteiger partial charge in [0.2, 0.25) is 5.91 Å². The number of ether oxygens (including phenoxy) is 1. The molecule has 0 saturated heterocycles. The number of benzene rings is 1. The molecule has 0 fully saturated rings. The molecule has 0 unspecified atom stereocenters. The second kappa shape index (κ2) is 7.75. The van der Waals surface area contributed by atoms with Crippen LogP contribution in [0.4, 0.5) is 5.00 Å². The van der Waals surface area contributed by atoms with Crippen LogP contribution < -0.4 is 5.32 Å². The molecule has 1 aromatic carbocycles. The second-order valence-corrected chi connectivity index (χ2v) is 7.17. The molecule has 2 rings (SSSR count). The topological polar surface area (TPSA) is 55.4 Å². The number of thiophene rings is 1. The largest absolute Gasteiger partial charge is 0.465 e. The highest BCUT2D eigenvalue weighted by Gasteiger charge is 2.24. The minimum atomic E-state index is -0.445. The number of halogens is 1. The van der Waals surface area contributed by atoms with Crippen LogP contribution in [0, 0.1) is 6.92 Å². The zero-order valence-corrected chi connectivity index (χ0v) is 15.6. The van der Waals surface area contributed by atoms with Gasteiger partial charge in [-0.15, -0.1) is 11.3 Å². The first kappa shape index (κ1) is 17.7. The normalized spacial score (nSPS) is 10.4. The Kier molecular flexibility index (Phi) is 5.96. The number of hydrogen-bond acceptors (Lipinski definition) is 4. The summed E-state index contributed by atoms with van der Waals surface area (Å²) in [6.45, 7) is 3.87. The lowest BCUT2D eigenvalue weighted by Gasteiger charge is -2.08. The van der Waals surface area contributed by atoms with Crippen molar-refractivity contribution in [2.75, 3.05) is 12.4 Å². The summed E-state index contributed by atoms with van der Waals surface area (Å²) in [6, 6.07) is 7.71. The molecular weight excluding hydrogens is 378 g/mol. The highest BCUT2D eigenvalue weighted by Crippen LogP contribution is 2.40. The molecule has 1 heterocycles. The molecule has 0 aliphatic heterocycles. The molecule has 122 valence electrons. The van der Waals surface area contributed by atoms with Crippen LogP contribution >= 0.6 is 27.3 Å². The third-order valence-corrected chi connectivity index (χ3v) is 4.89. The number of rotatable bonds is 5. The molecule has 0 aliphatic rings. The van der Waals surface area contributed by atoms with E-state index in [9.17, 15) is 9.59 Å². The van der Waals surface area contributed by atoms with Crippen LogP contribution in [0.2, 0.25) is 0 Å². The van der Waals surface area contributed by atoms with Crippen LogP contribution in [0.1, 0.15) is 35.0 Å². The third-order valence-electron chi connectivity index (χ3n) is 3.34. The van der Waals surface area contributed by atoms with E-state index in [1.54, 1.807) is 0 Å². The van der Waals surface area contributed by atoms with E-state index >= 15 is 0 Å². The number of aryl methyl sites for hydroxylation is 1. The van der Waals surface area contributed by atoms with Crippen LogP contribution in [-0.4, -0.2) is 19.0 Å². The van der Waals surface area contributed by atoms with Crippen molar-refractivity contribution in [3.63, 3.8) is 0 Å². The first-order valence-corrected chi connectivity index (χ1v) is 8.86. The van der Waals surface area contributed by atoms with Gasteiger partial charge in [0, 0.05) is 21.3 Å². The molecule has 1 amide bonds. The summed E-state index contributed by atoms with van der Waals surface area (Å²) in [5.74, 6) is -0.541. The average Bonchev–Trinajstić information content (AvgIpc) is 2.83. The molecular formula is C17H18BrNO3S. The molecule has 23 heavy (non-hydrogen) atoms. The van der Waals surface area contributed by atoms with Gasteiger partial charge in [-0.1, -0.05) is 35.0 Å². The molecule has 4 nitrogen and oxygen atoms in total. The summed E-state index contributed by atoms with van der Waals surface area (Å²) in [5.41, 5.74) is 2.14. The van der Waals surface area contributed by atoms with Gasteiger partial charge in [-0.05, 0) is 31.0 Å². The van der Waals surface area contributed by atoms with Gasteiger partial charge in [0.15, 0.2) is 0 Å². The number of hydrogen-bond donors (Lipinski definition) is 1. The molecule has 0 spiro atoms. The van der Waals surface area contributed by atoms with Gasteiger partial charge in [0.1, 0.15) is 10.6 Å². The Morgan fingerprint density at radius 3 is 2.48 bits per heavy atom. The van der Waals surface area contributed by atoms with E-state index < -0.39 is 5.97 Å². The Labute approximate surface area is 148 Å². The van der Waals surface area contributed by atoms with E-state index in [4.69, 9.17) is 4.74 Å². The fraction of sp³-hybridized carbons (Fsp3) is 0.294. The van der Waals surface area contributed by atoms with Gasteiger partial charge in [-0.2, -0.15) is 0 Å². The molecule has 6 heteroatoms. The van der Waals surface area contributed by atoms with Crippen molar-refractivity contribution < 1.29 is 14.3 Å². The number of carbonyl (C=O) groups is 2. The van der Waals surface area contributed by atoms with Crippen molar-refractivity contribution in [2.24, 2.45) is 0 Å². The quantitative estimate of drug-likeness (QED) is 0.723. The van der Waals surface area contributed by atoms with E-state index in [0.29, 0.717) is 17.0 Å². The first-order valence-electron chi connectivity index (χ1n) is 7.25. The van der Waals surface area contributed by atoms with Gasteiger partial charge in [0.05, 0.1) is 7.11 Å². The van der Waals surface area contributed by atoms with Gasteiger partial charge in [-0.3, -0.25) is 4.79 Å². The summed E-state index contributed by atoms with van der Waals surface area (Å²) < 4.78 is 5.89. The number of carbonyl (C=O) groups excluding carboxylic acids is 2. The lowest BCUT2D eigenvalue weighted by Crippen LogP contribution is -2.13. The van der Waals surface area contributed by atoms with Crippen molar-refractivity contribution in [1.29, 1.82) is 0 Å². The van der Waals surface area contributed by atoms with Gasteiger partial charge in [0.25, 0.3) is 0 Å². The molecule has 1 N–H and O–H groups in total. The van der Waals surface area contributed by atoms with Crippen molar-refractivity contribution in [3.8, 4) is 11.1 Å². The second-order valence-electron chi connectivity index (χ2n) is 5.03. The SMILES string of the molecule is CCCC(=O)Nc1sc(C)c(-c2ccc(Br)cc2)c1C(=O)OC. The fourth-order valence-electron chi connectivity index (χ4n) is 2.31. The molecule has 0 bridgehead atoms. The summed E-state index contributed by atoms with van der Waals surface area (Å²) in [4.78, 5) is 25.1. The van der Waals surface area contributed by atoms with E-state index in [1.165, 1.54) is 18.4 Å². The van der Waals surface area contributed by atoms with Gasteiger partial charge in [-0.25, -0.2) is 4.79 Å². The van der Waals surface area contributed by atoms with E-state index in [-0.39, 0.29) is 5.91 Å². The smallest absolute Gasteiger partial charge is 0.341 e. The van der Waals surface area contributed by atoms with Gasteiger partial charge >= 0.3 is 5.97 Å². The minimum Gasteiger partial charge on any atom is -0.465 e. The number of anilines is 1. The standard InChI is InChI=1S/C17H18BrNO3S/c1-4-5-13(20)19-16-15(17(21)22-3)14(10(2)23-16)11-6-8-12(18)9-7-11/h6-9H,4-5H2,1-3H3,(H,19,20). The van der Waals surface area contributed by atoms with Crippen LogP contribution in [0.3, 0.4) is 0 Å². The molecule has 0 radical (unpaired) electrons. The number of nitrogens with one attached hydrogen (secondary N) is 1. The Morgan fingerprint density at radius 2 is 1.91 bits per heavy atom. The van der Waals surface area contributed by atoms with Crippen LogP contribution in [0.25, 0.3) is 11.1 Å². The summed E-state index contributed by atoms with van der Waals surface area (Å²) >= 11 is 4.80. The molecule has 0 aliphatic carbocycles. The highest BCUT2D eigenvalue weighted by atomic mass is 79.9. The van der Waals surface area contributed by atoms with E-state index in [1.807, 2.05) is 38.1 Å². The zero-order valence-electron chi connectivity index (χ0n) is 13.2. The lowest BCUT2D eigenvalue weighted by atomic mass is 10.0. The van der Waals surface area contributed by atoms with Crippen molar-refractivity contribution in [2.45, 2.75) is 26.7 Å². The lowest BCUT2D eigenvalue weighted by molar-refractivity contribution is -0.116. The third kappa shape index (κ3) is 4.00. The minimum absolute atomic E-state index is 0.0961. The van der Waals surface area contributed by atoms with Crippen LogP contribution in [0.15, 0.2) is 28.7 Å².